The van der Waals surface area contributed by atoms with Crippen LogP contribution in [0.25, 0.3) is 0 Å². The molecule has 1 atom stereocenters. The Morgan fingerprint density at radius 2 is 1.85 bits per heavy atom. The zero-order valence-electron chi connectivity index (χ0n) is 12.1. The summed E-state index contributed by atoms with van der Waals surface area (Å²) in [6.45, 7) is 4.74. The molecule has 2 aromatic heterocycles. The van der Waals surface area contributed by atoms with Crippen molar-refractivity contribution in [2.45, 2.75) is 44.8 Å². The van der Waals surface area contributed by atoms with E-state index in [4.69, 9.17) is 0 Å². The second-order valence-corrected chi connectivity index (χ2v) is 7.18. The van der Waals surface area contributed by atoms with Crippen molar-refractivity contribution in [3.63, 3.8) is 0 Å². The third-order valence-corrected chi connectivity index (χ3v) is 5.75. The fourth-order valence-corrected chi connectivity index (χ4v) is 3.76. The van der Waals surface area contributed by atoms with Gasteiger partial charge < -0.3 is 10.4 Å². The molecule has 0 bridgehead atoms. The van der Waals surface area contributed by atoms with E-state index < -0.39 is 5.60 Å². The van der Waals surface area contributed by atoms with E-state index in [0.29, 0.717) is 12.6 Å². The number of hydrogen-bond donors (Lipinski definition) is 2. The Morgan fingerprint density at radius 1 is 1.15 bits per heavy atom. The van der Waals surface area contributed by atoms with E-state index in [2.05, 4.69) is 40.3 Å². The van der Waals surface area contributed by atoms with Gasteiger partial charge in [-0.25, -0.2) is 0 Å². The molecule has 2 N–H and O–H groups in total. The normalized spacial score (nSPS) is 13.6. The second kappa shape index (κ2) is 7.36. The van der Waals surface area contributed by atoms with Gasteiger partial charge in [0.15, 0.2) is 0 Å². The minimum atomic E-state index is -0.592. The Kier molecular flexibility index (Phi) is 5.78. The summed E-state index contributed by atoms with van der Waals surface area (Å²) in [4.78, 5) is 2.72. The van der Waals surface area contributed by atoms with E-state index in [-0.39, 0.29) is 0 Å². The van der Waals surface area contributed by atoms with Crippen molar-refractivity contribution in [3.05, 3.63) is 44.8 Å². The molecule has 0 aliphatic heterocycles. The highest BCUT2D eigenvalue weighted by atomic mass is 32.1. The summed E-state index contributed by atoms with van der Waals surface area (Å²) in [5.41, 5.74) is -0.592. The van der Waals surface area contributed by atoms with Crippen molar-refractivity contribution in [2.75, 3.05) is 6.54 Å². The van der Waals surface area contributed by atoms with Gasteiger partial charge in [0, 0.05) is 28.8 Å². The Labute approximate surface area is 129 Å². The van der Waals surface area contributed by atoms with Crippen LogP contribution in [0.4, 0.5) is 0 Å². The number of nitrogens with one attached hydrogen (secondary N) is 1. The average Bonchev–Trinajstić information content (AvgIpc) is 3.15. The van der Waals surface area contributed by atoms with Crippen LogP contribution in [0.2, 0.25) is 0 Å². The Bertz CT molecular complexity index is 475. The van der Waals surface area contributed by atoms with Crippen LogP contribution in [0.1, 0.15) is 42.5 Å². The molecule has 0 radical (unpaired) electrons. The quantitative estimate of drug-likeness (QED) is 0.764. The molecule has 20 heavy (non-hydrogen) atoms. The molecular formula is C16H23NOS2. The van der Waals surface area contributed by atoms with Crippen LogP contribution >= 0.6 is 22.7 Å². The maximum absolute atomic E-state index is 10.4. The van der Waals surface area contributed by atoms with Crippen molar-refractivity contribution < 1.29 is 5.11 Å². The van der Waals surface area contributed by atoms with E-state index in [1.165, 1.54) is 9.75 Å². The largest absolute Gasteiger partial charge is 0.389 e. The number of aliphatic hydroxyl groups is 1. The van der Waals surface area contributed by atoms with Gasteiger partial charge in [0.2, 0.25) is 0 Å². The van der Waals surface area contributed by atoms with Crippen molar-refractivity contribution in [1.82, 2.24) is 5.32 Å². The zero-order chi connectivity index (χ0) is 14.4. The van der Waals surface area contributed by atoms with Gasteiger partial charge in [0.05, 0.1) is 5.60 Å². The summed E-state index contributed by atoms with van der Waals surface area (Å²) >= 11 is 3.57. The first-order chi connectivity index (χ1) is 9.67. The number of thiophene rings is 2. The minimum Gasteiger partial charge on any atom is -0.389 e. The van der Waals surface area contributed by atoms with Crippen LogP contribution in [0, 0.1) is 0 Å². The maximum atomic E-state index is 10.4. The lowest BCUT2D eigenvalue weighted by molar-refractivity contribution is 0.0299. The molecular weight excluding hydrogens is 286 g/mol. The third-order valence-electron chi connectivity index (χ3n) is 3.87. The lowest BCUT2D eigenvalue weighted by atomic mass is 9.97. The minimum absolute atomic E-state index is 0.290. The van der Waals surface area contributed by atoms with Crippen LogP contribution in [0.5, 0.6) is 0 Å². The van der Waals surface area contributed by atoms with E-state index >= 15 is 0 Å². The molecule has 0 saturated heterocycles. The summed E-state index contributed by atoms with van der Waals surface area (Å²) in [7, 11) is 0. The first-order valence-electron chi connectivity index (χ1n) is 7.18. The van der Waals surface area contributed by atoms with Gasteiger partial charge in [-0.3, -0.25) is 0 Å². The highest BCUT2D eigenvalue weighted by molar-refractivity contribution is 7.10. The average molecular weight is 310 g/mol. The number of rotatable bonds is 8. The van der Waals surface area contributed by atoms with Gasteiger partial charge in [-0.1, -0.05) is 26.0 Å². The molecule has 2 nitrogen and oxygen atoms in total. The monoisotopic (exact) mass is 309 g/mol. The van der Waals surface area contributed by atoms with Crippen molar-refractivity contribution >= 4 is 22.7 Å². The van der Waals surface area contributed by atoms with Crippen LogP contribution in [-0.4, -0.2) is 17.3 Å². The highest BCUT2D eigenvalue weighted by Crippen LogP contribution is 2.26. The van der Waals surface area contributed by atoms with Gasteiger partial charge in [0.25, 0.3) is 0 Å². The lowest BCUT2D eigenvalue weighted by Crippen LogP contribution is -2.41. The van der Waals surface area contributed by atoms with Gasteiger partial charge in [-0.05, 0) is 35.7 Å². The molecule has 2 rings (SSSR count). The van der Waals surface area contributed by atoms with Crippen LogP contribution in [-0.2, 0) is 6.42 Å². The number of hydrogen-bond acceptors (Lipinski definition) is 4. The molecule has 4 heteroatoms. The predicted molar refractivity (Wildman–Crippen MR) is 88.6 cm³/mol. The standard InChI is InChI=1S/C16H23NOS2/c1-3-16(18,4-2)12-17-14(15-8-6-10-20-15)11-13-7-5-9-19-13/h5-10,14,17-18H,3-4,11-12H2,1-2H3. The molecule has 110 valence electrons. The molecule has 0 spiro atoms. The fourth-order valence-electron chi connectivity index (χ4n) is 2.21. The Balaban J connectivity index is 2.04. The van der Waals surface area contributed by atoms with Crippen LogP contribution in [0.3, 0.4) is 0 Å². The van der Waals surface area contributed by atoms with Crippen molar-refractivity contribution in [1.29, 1.82) is 0 Å². The van der Waals surface area contributed by atoms with E-state index in [1.54, 1.807) is 22.7 Å². The smallest absolute Gasteiger partial charge is 0.0766 e. The maximum Gasteiger partial charge on any atom is 0.0766 e. The summed E-state index contributed by atoms with van der Waals surface area (Å²) < 4.78 is 0. The van der Waals surface area contributed by atoms with Crippen molar-refractivity contribution in [3.8, 4) is 0 Å². The summed E-state index contributed by atoms with van der Waals surface area (Å²) in [6, 6.07) is 8.83. The lowest BCUT2D eigenvalue weighted by Gasteiger charge is -2.28. The topological polar surface area (TPSA) is 32.3 Å². The zero-order valence-corrected chi connectivity index (χ0v) is 13.8. The van der Waals surface area contributed by atoms with Gasteiger partial charge in [-0.15, -0.1) is 22.7 Å². The van der Waals surface area contributed by atoms with Gasteiger partial charge >= 0.3 is 0 Å². The molecule has 0 amide bonds. The van der Waals surface area contributed by atoms with Gasteiger partial charge in [0.1, 0.15) is 0 Å². The fraction of sp³-hybridized carbons (Fsp3) is 0.500. The van der Waals surface area contributed by atoms with E-state index in [0.717, 1.165) is 19.3 Å². The van der Waals surface area contributed by atoms with Crippen molar-refractivity contribution in [2.24, 2.45) is 0 Å². The first-order valence-corrected chi connectivity index (χ1v) is 8.94. The molecule has 0 aliphatic carbocycles. The first kappa shape index (κ1) is 15.7. The van der Waals surface area contributed by atoms with E-state index in [9.17, 15) is 5.11 Å². The molecule has 2 aromatic rings. The molecule has 0 saturated carbocycles. The summed E-state index contributed by atoms with van der Waals surface area (Å²) in [5, 5.41) is 18.3. The van der Waals surface area contributed by atoms with Crippen LogP contribution < -0.4 is 5.32 Å². The Morgan fingerprint density at radius 3 is 2.40 bits per heavy atom. The molecule has 2 heterocycles. The Hall–Kier alpha value is -0.680. The summed E-state index contributed by atoms with van der Waals surface area (Å²) in [6.07, 6.45) is 2.56. The van der Waals surface area contributed by atoms with E-state index in [1.807, 2.05) is 13.8 Å². The third kappa shape index (κ3) is 4.16. The van der Waals surface area contributed by atoms with Crippen LogP contribution in [0.15, 0.2) is 35.0 Å². The molecule has 0 fully saturated rings. The predicted octanol–water partition coefficient (Wildman–Crippen LogP) is 4.23. The molecule has 0 aromatic carbocycles. The molecule has 0 aliphatic rings. The molecule has 1 unspecified atom stereocenters. The highest BCUT2D eigenvalue weighted by Gasteiger charge is 2.24. The SMILES string of the molecule is CCC(O)(CC)CNC(Cc1cccs1)c1cccs1. The van der Waals surface area contributed by atoms with Gasteiger partial charge in [-0.2, -0.15) is 0 Å². The summed E-state index contributed by atoms with van der Waals surface area (Å²) in [5.74, 6) is 0. The second-order valence-electron chi connectivity index (χ2n) is 5.16.